The number of carbonyl (C=O) groups excluding carboxylic acids is 5. The lowest BCUT2D eigenvalue weighted by molar-refractivity contribution is -0.347. The lowest BCUT2D eigenvalue weighted by Gasteiger charge is -2.67. The molecule has 11 atom stereocenters. The van der Waals surface area contributed by atoms with Crippen LogP contribution in [0, 0.1) is 16.7 Å². The fourth-order valence-corrected chi connectivity index (χ4v) is 10.7. The van der Waals surface area contributed by atoms with Gasteiger partial charge in [0.2, 0.25) is 5.91 Å². The van der Waals surface area contributed by atoms with E-state index in [-0.39, 0.29) is 42.9 Å². The summed E-state index contributed by atoms with van der Waals surface area (Å²) in [5.74, 6) is -3.98. The molecule has 0 spiro atoms. The zero-order valence-electron chi connectivity index (χ0n) is 31.9. The number of esters is 3. The first kappa shape index (κ1) is 41.3. The molecule has 2 aliphatic heterocycles. The first-order chi connectivity index (χ1) is 25.9. The molecule has 0 aromatic heterocycles. The number of carbonyl (C=O) groups is 5. The largest absolute Gasteiger partial charge is 0.459 e. The van der Waals surface area contributed by atoms with Crippen LogP contribution in [-0.2, 0) is 42.9 Å². The third-order valence-electron chi connectivity index (χ3n) is 12.8. The van der Waals surface area contributed by atoms with Gasteiger partial charge in [0.25, 0.3) is 0 Å². The molecule has 5 aliphatic rings. The van der Waals surface area contributed by atoms with Crippen molar-refractivity contribution in [2.24, 2.45) is 16.7 Å². The van der Waals surface area contributed by atoms with Crippen molar-refractivity contribution in [1.29, 1.82) is 0 Å². The van der Waals surface area contributed by atoms with Gasteiger partial charge in [-0.2, -0.15) is 11.8 Å². The standard InChI is InChI=1S/C40H53NO13S/c1-21-24-19-40(50)35(33-38(5,34(48)31(46)29(21)37(40,3)4)25(43)18-26-39(33,20-51-26)54-22(2)42)53-28(45)15-11-17-55-16-10-9-14-27(44)41-30(32(47)36(49)52-24)23-12-7-6-8-13-23/h6-8,12-13,24-26,30-33,35,43,46-47,50H,9-11,14-20H2,1-5H3,(H,41,44)/t24-,25+,26-,30-,31+,32+,33+,35-,38-,39-,40-/m1/s1. The summed E-state index contributed by atoms with van der Waals surface area (Å²) in [4.78, 5) is 68.7. The van der Waals surface area contributed by atoms with Gasteiger partial charge in [0.15, 0.2) is 17.5 Å². The lowest BCUT2D eigenvalue weighted by Crippen LogP contribution is -2.81. The van der Waals surface area contributed by atoms with Crippen LogP contribution in [0.15, 0.2) is 41.5 Å². The zero-order valence-corrected chi connectivity index (χ0v) is 32.8. The van der Waals surface area contributed by atoms with E-state index in [4.69, 9.17) is 18.9 Å². The highest BCUT2D eigenvalue weighted by molar-refractivity contribution is 7.99. The van der Waals surface area contributed by atoms with Crippen LogP contribution in [0.1, 0.15) is 91.2 Å². The van der Waals surface area contributed by atoms with Gasteiger partial charge in [-0.05, 0) is 61.3 Å². The van der Waals surface area contributed by atoms with Gasteiger partial charge in [-0.3, -0.25) is 19.2 Å². The molecule has 5 N–H and O–H groups in total. The minimum absolute atomic E-state index is 0.00793. The van der Waals surface area contributed by atoms with Crippen molar-refractivity contribution in [1.82, 2.24) is 5.32 Å². The van der Waals surface area contributed by atoms with Crippen LogP contribution in [0.2, 0.25) is 0 Å². The maximum atomic E-state index is 14.9. The molecule has 55 heavy (non-hydrogen) atoms. The third-order valence-corrected chi connectivity index (χ3v) is 14.0. The molecule has 4 fully saturated rings. The molecule has 6 rings (SSSR count). The monoisotopic (exact) mass is 787 g/mol. The highest BCUT2D eigenvalue weighted by Gasteiger charge is 2.78. The lowest BCUT2D eigenvalue weighted by atomic mass is 9.44. The summed E-state index contributed by atoms with van der Waals surface area (Å²) in [6, 6.07) is 7.25. The predicted molar refractivity (Wildman–Crippen MR) is 197 cm³/mol. The Morgan fingerprint density at radius 3 is 2.31 bits per heavy atom. The molecule has 302 valence electrons. The molecule has 2 saturated carbocycles. The maximum Gasteiger partial charge on any atom is 0.338 e. The van der Waals surface area contributed by atoms with Crippen LogP contribution in [0.4, 0.5) is 0 Å². The molecule has 1 amide bonds. The van der Waals surface area contributed by atoms with Gasteiger partial charge in [0, 0.05) is 38.0 Å². The van der Waals surface area contributed by atoms with E-state index in [9.17, 15) is 44.4 Å². The summed E-state index contributed by atoms with van der Waals surface area (Å²) in [6.45, 7) is 7.07. The Balaban J connectivity index is 1.51. The second-order valence-corrected chi connectivity index (χ2v) is 17.6. The molecular formula is C40H53NO13S. The number of fused-ring (bicyclic) bond motifs is 6. The summed E-state index contributed by atoms with van der Waals surface area (Å²) in [5.41, 5.74) is -6.77. The van der Waals surface area contributed by atoms with Crippen LogP contribution in [0.3, 0.4) is 0 Å². The Bertz CT molecular complexity index is 1720. The molecule has 1 aromatic carbocycles. The van der Waals surface area contributed by atoms with Crippen molar-refractivity contribution in [3.63, 3.8) is 0 Å². The number of nitrogens with one attached hydrogen (secondary N) is 1. The van der Waals surface area contributed by atoms with Crippen LogP contribution in [0.5, 0.6) is 0 Å². The Morgan fingerprint density at radius 1 is 0.964 bits per heavy atom. The van der Waals surface area contributed by atoms with E-state index in [1.165, 1.54) is 13.8 Å². The number of Topliss-reactive ketones (excluding diaryl/α,β-unsaturated/α-hetero) is 1. The van der Waals surface area contributed by atoms with Crippen molar-refractivity contribution in [3.8, 4) is 0 Å². The van der Waals surface area contributed by atoms with E-state index >= 15 is 0 Å². The van der Waals surface area contributed by atoms with E-state index in [0.717, 1.165) is 0 Å². The first-order valence-electron chi connectivity index (χ1n) is 19.1. The fourth-order valence-electron chi connectivity index (χ4n) is 9.72. The number of thioether (sulfide) groups is 1. The molecule has 3 aliphatic carbocycles. The number of ether oxygens (including phenoxy) is 4. The number of hydrogen-bond donors (Lipinski definition) is 5. The second kappa shape index (κ2) is 15.5. The summed E-state index contributed by atoms with van der Waals surface area (Å²) >= 11 is 1.60. The van der Waals surface area contributed by atoms with Crippen molar-refractivity contribution in [3.05, 3.63) is 47.0 Å². The molecule has 1 aromatic rings. The number of ketones is 1. The highest BCUT2D eigenvalue weighted by atomic mass is 32.2. The number of amides is 1. The molecule has 14 nitrogen and oxygen atoms in total. The average Bonchev–Trinajstić information content (AvgIpc) is 3.12. The number of benzene rings is 1. The van der Waals surface area contributed by atoms with Crippen LogP contribution < -0.4 is 5.32 Å². The summed E-state index contributed by atoms with van der Waals surface area (Å²) in [7, 11) is 0. The normalized spacial score (nSPS) is 40.2. The van der Waals surface area contributed by atoms with Gasteiger partial charge in [-0.25, -0.2) is 4.79 Å². The van der Waals surface area contributed by atoms with Gasteiger partial charge in [-0.15, -0.1) is 0 Å². The van der Waals surface area contributed by atoms with Crippen molar-refractivity contribution < 1.29 is 63.3 Å². The van der Waals surface area contributed by atoms with E-state index in [1.54, 1.807) is 62.9 Å². The quantitative estimate of drug-likeness (QED) is 0.165. The fraction of sp³-hybridized carbons (Fsp3) is 0.675. The SMILES string of the molecule is CC(=O)O[C@]12CO[C@@H]1C[C@H](O)[C@@]1(C)C(=O)[C@@H](O)C3=C(C)[C@H]4C[C@@](O)([C@H](OC(=O)CCCSCCCCC(=O)N[C@H](c5ccccc5)[C@H](O)C(=O)O4)[C@H]21)C3(C)C. The van der Waals surface area contributed by atoms with Gasteiger partial charge in [0.05, 0.1) is 30.1 Å². The minimum atomic E-state index is -2.26. The molecule has 2 heterocycles. The maximum absolute atomic E-state index is 14.9. The van der Waals surface area contributed by atoms with Crippen molar-refractivity contribution in [2.75, 3.05) is 18.1 Å². The molecule has 15 heteroatoms. The van der Waals surface area contributed by atoms with Gasteiger partial charge in [-0.1, -0.05) is 44.2 Å². The topological polar surface area (TPSA) is 215 Å². The highest BCUT2D eigenvalue weighted by Crippen LogP contribution is 2.64. The summed E-state index contributed by atoms with van der Waals surface area (Å²) in [5, 5.41) is 51.6. The molecule has 2 saturated heterocycles. The number of aliphatic hydroxyl groups is 4. The average molecular weight is 788 g/mol. The van der Waals surface area contributed by atoms with Crippen molar-refractivity contribution >= 4 is 41.4 Å². The Kier molecular flexibility index (Phi) is 11.7. The summed E-state index contributed by atoms with van der Waals surface area (Å²) in [6.07, 6.45) is -8.22. The first-order valence-corrected chi connectivity index (χ1v) is 20.2. The molecule has 0 radical (unpaired) electrons. The van der Waals surface area contributed by atoms with Gasteiger partial charge >= 0.3 is 17.9 Å². The van der Waals surface area contributed by atoms with Gasteiger partial charge < -0.3 is 44.7 Å². The molecule has 3 bridgehead atoms. The Morgan fingerprint density at radius 2 is 1.65 bits per heavy atom. The van der Waals surface area contributed by atoms with E-state index in [1.807, 2.05) is 0 Å². The van der Waals surface area contributed by atoms with Crippen LogP contribution in [-0.4, -0.2) is 116 Å². The van der Waals surface area contributed by atoms with E-state index in [2.05, 4.69) is 5.32 Å². The van der Waals surface area contributed by atoms with E-state index < -0.39 is 101 Å². The smallest absolute Gasteiger partial charge is 0.338 e. The Labute approximate surface area is 324 Å². The molecular weight excluding hydrogens is 735 g/mol. The van der Waals surface area contributed by atoms with Crippen LogP contribution in [0.25, 0.3) is 0 Å². The van der Waals surface area contributed by atoms with E-state index in [0.29, 0.717) is 36.3 Å². The zero-order chi connectivity index (χ0) is 40.1. The minimum Gasteiger partial charge on any atom is -0.459 e. The summed E-state index contributed by atoms with van der Waals surface area (Å²) < 4.78 is 24.1. The number of rotatable bonds is 2. The number of hydrogen-bond acceptors (Lipinski definition) is 14. The van der Waals surface area contributed by atoms with Crippen LogP contribution >= 0.6 is 11.8 Å². The number of aliphatic hydroxyl groups excluding tert-OH is 3. The third kappa shape index (κ3) is 7.03. The molecule has 0 unspecified atom stereocenters. The van der Waals surface area contributed by atoms with Crippen molar-refractivity contribution in [2.45, 2.75) is 133 Å². The second-order valence-electron chi connectivity index (χ2n) is 16.4. The predicted octanol–water partition coefficient (Wildman–Crippen LogP) is 2.23. The van der Waals surface area contributed by atoms with Gasteiger partial charge in [0.1, 0.15) is 30.0 Å². The Hall–Kier alpha value is -3.34.